The minimum absolute atomic E-state index is 0.0912. The number of rotatable bonds is 4. The Kier molecular flexibility index (Phi) is 4.75. The second kappa shape index (κ2) is 7.58. The minimum Gasteiger partial charge on any atom is -0.323 e. The van der Waals surface area contributed by atoms with E-state index in [9.17, 15) is 9.18 Å². The molecule has 0 bridgehead atoms. The number of para-hydroxylation sites is 3. The van der Waals surface area contributed by atoms with Crippen molar-refractivity contribution in [1.82, 2.24) is 9.55 Å². The summed E-state index contributed by atoms with van der Waals surface area (Å²) in [5.41, 5.74) is 3.26. The van der Waals surface area contributed by atoms with Gasteiger partial charge in [-0.15, -0.1) is 0 Å². The number of benzene rings is 3. The Hall–Kier alpha value is -3.18. The molecule has 1 aliphatic rings. The number of imidazole rings is 1. The standard InChI is InChI=1S/C24H19ClFN3O/c25-18-7-5-6-16(12-18)14-29-22-11-4-2-9-20(22)27-24(29)17-13-23(30)28(15-17)21-10-3-1-8-19(21)26/h1-12,17H,13-15H2/t17-/m0/s1. The molecule has 1 aromatic heterocycles. The van der Waals surface area contributed by atoms with Crippen LogP contribution in [0, 0.1) is 5.82 Å². The molecule has 0 radical (unpaired) electrons. The highest BCUT2D eigenvalue weighted by atomic mass is 35.5. The number of carbonyl (C=O) groups excluding carboxylic acids is 1. The zero-order valence-corrected chi connectivity index (χ0v) is 16.9. The maximum absolute atomic E-state index is 14.3. The molecule has 1 saturated heterocycles. The Morgan fingerprint density at radius 3 is 2.67 bits per heavy atom. The molecule has 0 spiro atoms. The molecule has 150 valence electrons. The lowest BCUT2D eigenvalue weighted by molar-refractivity contribution is -0.117. The summed E-state index contributed by atoms with van der Waals surface area (Å²) in [4.78, 5) is 19.1. The lowest BCUT2D eigenvalue weighted by Crippen LogP contribution is -2.25. The van der Waals surface area contributed by atoms with E-state index in [4.69, 9.17) is 16.6 Å². The van der Waals surface area contributed by atoms with Crippen molar-refractivity contribution in [3.63, 3.8) is 0 Å². The van der Waals surface area contributed by atoms with Crippen LogP contribution in [0.2, 0.25) is 5.02 Å². The smallest absolute Gasteiger partial charge is 0.227 e. The molecule has 4 aromatic rings. The summed E-state index contributed by atoms with van der Waals surface area (Å²) < 4.78 is 16.4. The Morgan fingerprint density at radius 2 is 1.83 bits per heavy atom. The number of nitrogens with zero attached hydrogens (tertiary/aromatic N) is 3. The van der Waals surface area contributed by atoms with Crippen LogP contribution < -0.4 is 4.90 Å². The first kappa shape index (κ1) is 18.8. The van der Waals surface area contributed by atoms with Crippen LogP contribution in [0.1, 0.15) is 23.7 Å². The molecule has 4 nitrogen and oxygen atoms in total. The first-order valence-electron chi connectivity index (χ1n) is 9.84. The van der Waals surface area contributed by atoms with E-state index in [1.54, 1.807) is 18.2 Å². The van der Waals surface area contributed by atoms with Crippen molar-refractivity contribution < 1.29 is 9.18 Å². The summed E-state index contributed by atoms with van der Waals surface area (Å²) in [6.45, 7) is 0.999. The molecule has 3 aromatic carbocycles. The van der Waals surface area contributed by atoms with Crippen molar-refractivity contribution in [3.05, 3.63) is 95.0 Å². The summed E-state index contributed by atoms with van der Waals surface area (Å²) in [5.74, 6) is 0.234. The van der Waals surface area contributed by atoms with Gasteiger partial charge >= 0.3 is 0 Å². The molecule has 1 amide bonds. The van der Waals surface area contributed by atoms with Crippen LogP contribution in [0.25, 0.3) is 11.0 Å². The maximum Gasteiger partial charge on any atom is 0.227 e. The van der Waals surface area contributed by atoms with E-state index in [2.05, 4.69) is 4.57 Å². The quantitative estimate of drug-likeness (QED) is 0.444. The topological polar surface area (TPSA) is 38.1 Å². The predicted octanol–water partition coefficient (Wildman–Crippen LogP) is 5.40. The Bertz CT molecular complexity index is 1250. The fourth-order valence-electron chi connectivity index (χ4n) is 4.17. The molecule has 1 atom stereocenters. The van der Waals surface area contributed by atoms with Gasteiger partial charge in [-0.2, -0.15) is 0 Å². The molecule has 0 saturated carbocycles. The lowest BCUT2D eigenvalue weighted by Gasteiger charge is -2.18. The van der Waals surface area contributed by atoms with Gasteiger partial charge in [0, 0.05) is 30.5 Å². The predicted molar refractivity (Wildman–Crippen MR) is 116 cm³/mol. The lowest BCUT2D eigenvalue weighted by atomic mass is 10.1. The molecule has 1 fully saturated rings. The van der Waals surface area contributed by atoms with E-state index in [0.717, 1.165) is 22.4 Å². The Labute approximate surface area is 178 Å². The molecular weight excluding hydrogens is 401 g/mol. The van der Waals surface area contributed by atoms with Crippen molar-refractivity contribution in [3.8, 4) is 0 Å². The molecule has 0 aliphatic carbocycles. The third-order valence-electron chi connectivity index (χ3n) is 5.55. The van der Waals surface area contributed by atoms with E-state index >= 15 is 0 Å². The van der Waals surface area contributed by atoms with Crippen LogP contribution in [0.4, 0.5) is 10.1 Å². The Morgan fingerprint density at radius 1 is 1.03 bits per heavy atom. The van der Waals surface area contributed by atoms with Crippen LogP contribution in [0.15, 0.2) is 72.8 Å². The molecular formula is C24H19ClFN3O. The second-order valence-corrected chi connectivity index (χ2v) is 7.97. The number of anilines is 1. The summed E-state index contributed by atoms with van der Waals surface area (Å²) >= 11 is 6.18. The number of amides is 1. The van der Waals surface area contributed by atoms with Gasteiger partial charge in [0.25, 0.3) is 0 Å². The third-order valence-corrected chi connectivity index (χ3v) is 5.78. The third kappa shape index (κ3) is 3.35. The highest BCUT2D eigenvalue weighted by molar-refractivity contribution is 6.30. The van der Waals surface area contributed by atoms with E-state index in [1.807, 2.05) is 48.5 Å². The minimum atomic E-state index is -0.390. The molecule has 5 rings (SSSR count). The van der Waals surface area contributed by atoms with Gasteiger partial charge in [0.05, 0.1) is 16.7 Å². The molecule has 1 aliphatic heterocycles. The number of fused-ring (bicyclic) bond motifs is 1. The number of halogens is 2. The van der Waals surface area contributed by atoms with Crippen molar-refractivity contribution in [2.45, 2.75) is 18.9 Å². The molecule has 6 heteroatoms. The summed E-state index contributed by atoms with van der Waals surface area (Å²) in [6.07, 6.45) is 0.299. The first-order valence-corrected chi connectivity index (χ1v) is 10.2. The first-order chi connectivity index (χ1) is 14.6. The number of hydrogen-bond acceptors (Lipinski definition) is 2. The van der Waals surface area contributed by atoms with Crippen molar-refractivity contribution in [2.75, 3.05) is 11.4 Å². The van der Waals surface area contributed by atoms with E-state index in [-0.39, 0.29) is 17.6 Å². The van der Waals surface area contributed by atoms with Crippen molar-refractivity contribution in [1.29, 1.82) is 0 Å². The van der Waals surface area contributed by atoms with Gasteiger partial charge in [0.2, 0.25) is 5.91 Å². The van der Waals surface area contributed by atoms with Gasteiger partial charge < -0.3 is 9.47 Å². The van der Waals surface area contributed by atoms with Crippen LogP contribution in [-0.2, 0) is 11.3 Å². The SMILES string of the molecule is O=C1C[C@H](c2nc3ccccc3n2Cc2cccc(Cl)c2)CN1c1ccccc1F. The highest BCUT2D eigenvalue weighted by Gasteiger charge is 2.35. The summed E-state index contributed by atoms with van der Waals surface area (Å²) in [7, 11) is 0. The molecule has 0 N–H and O–H groups in total. The van der Waals surface area contributed by atoms with Gasteiger partial charge in [0.1, 0.15) is 11.6 Å². The normalized spacial score (nSPS) is 16.5. The average Bonchev–Trinajstić information content (AvgIpc) is 3.29. The number of aromatic nitrogens is 2. The fourth-order valence-corrected chi connectivity index (χ4v) is 4.39. The van der Waals surface area contributed by atoms with Crippen LogP contribution in [0.5, 0.6) is 0 Å². The zero-order chi connectivity index (χ0) is 20.7. The van der Waals surface area contributed by atoms with Gasteiger partial charge in [-0.25, -0.2) is 9.37 Å². The summed E-state index contributed by atoms with van der Waals surface area (Å²) in [5, 5.41) is 0.681. The van der Waals surface area contributed by atoms with E-state index in [1.165, 1.54) is 11.0 Å². The summed E-state index contributed by atoms with van der Waals surface area (Å²) in [6, 6.07) is 22.1. The van der Waals surface area contributed by atoms with Crippen LogP contribution in [0.3, 0.4) is 0 Å². The molecule has 0 unspecified atom stereocenters. The fraction of sp³-hybridized carbons (Fsp3) is 0.167. The van der Waals surface area contributed by atoms with Crippen LogP contribution in [-0.4, -0.2) is 22.0 Å². The maximum atomic E-state index is 14.3. The van der Waals surface area contributed by atoms with Gasteiger partial charge in [0.15, 0.2) is 0 Å². The van der Waals surface area contributed by atoms with Crippen molar-refractivity contribution >= 4 is 34.2 Å². The highest BCUT2D eigenvalue weighted by Crippen LogP contribution is 2.34. The van der Waals surface area contributed by atoms with Gasteiger partial charge in [-0.1, -0.05) is 48.0 Å². The Balaban J connectivity index is 1.54. The number of carbonyl (C=O) groups is 1. The van der Waals surface area contributed by atoms with Gasteiger partial charge in [-0.3, -0.25) is 4.79 Å². The average molecular weight is 420 g/mol. The number of hydrogen-bond donors (Lipinski definition) is 0. The zero-order valence-electron chi connectivity index (χ0n) is 16.1. The van der Waals surface area contributed by atoms with E-state index < -0.39 is 0 Å². The molecule has 2 heterocycles. The van der Waals surface area contributed by atoms with Crippen molar-refractivity contribution in [2.24, 2.45) is 0 Å². The molecule has 30 heavy (non-hydrogen) atoms. The van der Waals surface area contributed by atoms with Crippen LogP contribution >= 0.6 is 11.6 Å². The van der Waals surface area contributed by atoms with Gasteiger partial charge in [-0.05, 0) is 42.0 Å². The van der Waals surface area contributed by atoms with E-state index in [0.29, 0.717) is 30.2 Å². The second-order valence-electron chi connectivity index (χ2n) is 7.53. The monoisotopic (exact) mass is 419 g/mol. The largest absolute Gasteiger partial charge is 0.323 e.